The number of nitrogens with two attached hydrogens (primary N) is 1. The van der Waals surface area contributed by atoms with Crippen molar-refractivity contribution >= 4 is 17.6 Å². The topological polar surface area (TPSA) is 84.7 Å². The number of primary amides is 1. The number of rotatable bonds is 2. The minimum absolute atomic E-state index is 0.0152. The Labute approximate surface area is 117 Å². The smallest absolute Gasteiger partial charge is 0.322 e. The van der Waals surface area contributed by atoms with Crippen LogP contribution in [0.15, 0.2) is 24.3 Å². The summed E-state index contributed by atoms with van der Waals surface area (Å²) in [6.07, 6.45) is 0.0305. The number of anilines is 1. The first kappa shape index (κ1) is 14.3. The molecular formula is C14H19N3O3. The third-order valence-corrected chi connectivity index (χ3v) is 3.11. The van der Waals surface area contributed by atoms with Crippen LogP contribution < -0.4 is 11.1 Å². The summed E-state index contributed by atoms with van der Waals surface area (Å²) in [4.78, 5) is 25.0. The summed E-state index contributed by atoms with van der Waals surface area (Å²) < 4.78 is 5.58. The Morgan fingerprint density at radius 3 is 2.55 bits per heavy atom. The highest BCUT2D eigenvalue weighted by molar-refractivity contribution is 5.95. The second-order valence-corrected chi connectivity index (χ2v) is 5.04. The van der Waals surface area contributed by atoms with Crippen molar-refractivity contribution in [2.24, 2.45) is 5.73 Å². The standard InChI is InChI=1S/C14H19N3O3/c1-9-7-17(8-10(2)20-9)14(19)16-12-5-3-4-11(6-12)13(15)18/h3-6,9-10H,7-8H2,1-2H3,(H2,15,18)(H,16,19)/t9-,10-/m1/s1. The Kier molecular flexibility index (Phi) is 4.24. The Morgan fingerprint density at radius 1 is 1.30 bits per heavy atom. The maximum absolute atomic E-state index is 12.2. The van der Waals surface area contributed by atoms with Crippen LogP contribution in [0.4, 0.5) is 10.5 Å². The number of hydrogen-bond acceptors (Lipinski definition) is 3. The summed E-state index contributed by atoms with van der Waals surface area (Å²) in [5.74, 6) is -0.519. The van der Waals surface area contributed by atoms with Gasteiger partial charge < -0.3 is 20.7 Å². The van der Waals surface area contributed by atoms with Gasteiger partial charge in [-0.1, -0.05) is 6.07 Å². The lowest BCUT2D eigenvalue weighted by Gasteiger charge is -2.35. The fourth-order valence-corrected chi connectivity index (χ4v) is 2.30. The van der Waals surface area contributed by atoms with E-state index in [1.807, 2.05) is 13.8 Å². The predicted octanol–water partition coefficient (Wildman–Crippen LogP) is 1.43. The fraction of sp³-hybridized carbons (Fsp3) is 0.429. The van der Waals surface area contributed by atoms with Crippen molar-refractivity contribution in [2.45, 2.75) is 26.1 Å². The normalized spacial score (nSPS) is 22.4. The molecule has 1 fully saturated rings. The van der Waals surface area contributed by atoms with Gasteiger partial charge in [-0.2, -0.15) is 0 Å². The van der Waals surface area contributed by atoms with Crippen LogP contribution >= 0.6 is 0 Å². The zero-order valence-electron chi connectivity index (χ0n) is 11.6. The van der Waals surface area contributed by atoms with Crippen LogP contribution in [0, 0.1) is 0 Å². The van der Waals surface area contributed by atoms with Crippen LogP contribution in [0.5, 0.6) is 0 Å². The quantitative estimate of drug-likeness (QED) is 0.857. The second kappa shape index (κ2) is 5.92. The number of ether oxygens (including phenoxy) is 1. The second-order valence-electron chi connectivity index (χ2n) is 5.04. The molecular weight excluding hydrogens is 258 g/mol. The number of amides is 3. The molecule has 6 heteroatoms. The molecule has 0 bridgehead atoms. The Bertz CT molecular complexity index is 508. The Balaban J connectivity index is 2.04. The van der Waals surface area contributed by atoms with Crippen LogP contribution in [0.25, 0.3) is 0 Å². The minimum atomic E-state index is -0.519. The van der Waals surface area contributed by atoms with Crippen molar-refractivity contribution in [1.29, 1.82) is 0 Å². The number of carbonyl (C=O) groups excluding carboxylic acids is 2. The molecule has 0 spiro atoms. The van der Waals surface area contributed by atoms with Crippen LogP contribution in [0.3, 0.4) is 0 Å². The molecule has 0 unspecified atom stereocenters. The minimum Gasteiger partial charge on any atom is -0.372 e. The van der Waals surface area contributed by atoms with Crippen molar-refractivity contribution in [3.63, 3.8) is 0 Å². The Hall–Kier alpha value is -2.08. The first-order valence-corrected chi connectivity index (χ1v) is 6.57. The summed E-state index contributed by atoms with van der Waals surface area (Å²) >= 11 is 0. The van der Waals surface area contributed by atoms with Gasteiger partial charge in [-0.05, 0) is 32.0 Å². The molecule has 6 nitrogen and oxygen atoms in total. The molecule has 3 N–H and O–H groups in total. The average Bonchev–Trinajstić information content (AvgIpc) is 2.37. The van der Waals surface area contributed by atoms with E-state index in [0.717, 1.165) is 0 Å². The molecule has 20 heavy (non-hydrogen) atoms. The van der Waals surface area contributed by atoms with Crippen LogP contribution in [0.2, 0.25) is 0 Å². The first-order valence-electron chi connectivity index (χ1n) is 6.57. The molecule has 1 aromatic carbocycles. The lowest BCUT2D eigenvalue weighted by Crippen LogP contribution is -2.49. The van der Waals surface area contributed by atoms with Crippen LogP contribution in [-0.4, -0.2) is 42.1 Å². The molecule has 2 atom stereocenters. The number of morpholine rings is 1. The fourth-order valence-electron chi connectivity index (χ4n) is 2.30. The van der Waals surface area contributed by atoms with Gasteiger partial charge in [-0.25, -0.2) is 4.79 Å². The summed E-state index contributed by atoms with van der Waals surface area (Å²) in [7, 11) is 0. The van der Waals surface area contributed by atoms with E-state index in [4.69, 9.17) is 10.5 Å². The van der Waals surface area contributed by atoms with Crippen molar-refractivity contribution in [3.05, 3.63) is 29.8 Å². The van der Waals surface area contributed by atoms with Crippen LogP contribution in [-0.2, 0) is 4.74 Å². The number of nitrogens with one attached hydrogen (secondary N) is 1. The molecule has 3 amide bonds. The summed E-state index contributed by atoms with van der Waals surface area (Å²) in [5.41, 5.74) is 6.13. The highest BCUT2D eigenvalue weighted by atomic mass is 16.5. The van der Waals surface area contributed by atoms with E-state index in [-0.39, 0.29) is 18.2 Å². The maximum atomic E-state index is 12.2. The average molecular weight is 277 g/mol. The van der Waals surface area contributed by atoms with Crippen LogP contribution in [0.1, 0.15) is 24.2 Å². The number of hydrogen-bond donors (Lipinski definition) is 2. The van der Waals surface area contributed by atoms with Gasteiger partial charge in [0, 0.05) is 24.3 Å². The van der Waals surface area contributed by atoms with Crippen molar-refractivity contribution in [1.82, 2.24) is 4.90 Å². The van der Waals surface area contributed by atoms with E-state index >= 15 is 0 Å². The number of carbonyl (C=O) groups is 2. The molecule has 0 aliphatic carbocycles. The van der Waals surface area contributed by atoms with E-state index in [1.54, 1.807) is 29.2 Å². The van der Waals surface area contributed by atoms with Gasteiger partial charge in [0.15, 0.2) is 0 Å². The maximum Gasteiger partial charge on any atom is 0.322 e. The number of nitrogens with zero attached hydrogens (tertiary/aromatic N) is 1. The van der Waals surface area contributed by atoms with Gasteiger partial charge in [-0.3, -0.25) is 4.79 Å². The van der Waals surface area contributed by atoms with Crippen molar-refractivity contribution in [3.8, 4) is 0 Å². The zero-order chi connectivity index (χ0) is 14.7. The third kappa shape index (κ3) is 3.48. The summed E-state index contributed by atoms with van der Waals surface area (Å²) in [6.45, 7) is 4.96. The molecule has 1 aliphatic rings. The predicted molar refractivity (Wildman–Crippen MR) is 75.6 cm³/mol. The third-order valence-electron chi connectivity index (χ3n) is 3.11. The largest absolute Gasteiger partial charge is 0.372 e. The van der Waals surface area contributed by atoms with E-state index in [1.165, 1.54) is 0 Å². The van der Waals surface area contributed by atoms with Crippen molar-refractivity contribution < 1.29 is 14.3 Å². The lowest BCUT2D eigenvalue weighted by atomic mass is 10.2. The molecule has 0 saturated carbocycles. The molecule has 108 valence electrons. The number of benzene rings is 1. The highest BCUT2D eigenvalue weighted by Crippen LogP contribution is 2.14. The first-order chi connectivity index (χ1) is 9.45. The molecule has 1 saturated heterocycles. The molecule has 1 aromatic rings. The van der Waals surface area contributed by atoms with Crippen molar-refractivity contribution in [2.75, 3.05) is 18.4 Å². The van der Waals surface area contributed by atoms with Gasteiger partial charge in [0.2, 0.25) is 5.91 Å². The summed E-state index contributed by atoms with van der Waals surface area (Å²) in [5, 5.41) is 2.77. The van der Waals surface area contributed by atoms with E-state index in [9.17, 15) is 9.59 Å². The van der Waals surface area contributed by atoms with Gasteiger partial charge in [0.1, 0.15) is 0 Å². The lowest BCUT2D eigenvalue weighted by molar-refractivity contribution is -0.0530. The van der Waals surface area contributed by atoms with Gasteiger partial charge in [0.05, 0.1) is 12.2 Å². The monoisotopic (exact) mass is 277 g/mol. The van der Waals surface area contributed by atoms with E-state index < -0.39 is 5.91 Å². The van der Waals surface area contributed by atoms with E-state index in [0.29, 0.717) is 24.3 Å². The molecule has 1 heterocycles. The highest BCUT2D eigenvalue weighted by Gasteiger charge is 2.25. The van der Waals surface area contributed by atoms with E-state index in [2.05, 4.69) is 5.32 Å². The zero-order valence-corrected chi connectivity index (χ0v) is 11.6. The SMILES string of the molecule is C[C@@H]1CN(C(=O)Nc2cccc(C(N)=O)c2)C[C@@H](C)O1. The molecule has 0 aromatic heterocycles. The van der Waals surface area contributed by atoms with Gasteiger partial charge in [-0.15, -0.1) is 0 Å². The molecule has 2 rings (SSSR count). The molecule has 1 aliphatic heterocycles. The summed E-state index contributed by atoms with van der Waals surface area (Å²) in [6, 6.07) is 6.37. The Morgan fingerprint density at radius 2 is 1.95 bits per heavy atom. The molecule has 0 radical (unpaired) electrons. The van der Waals surface area contributed by atoms with Gasteiger partial charge >= 0.3 is 6.03 Å². The number of urea groups is 1. The van der Waals surface area contributed by atoms with Gasteiger partial charge in [0.25, 0.3) is 0 Å².